The monoisotopic (exact) mass is 330 g/mol. The van der Waals surface area contributed by atoms with Crippen LogP contribution in [0.1, 0.15) is 42.9 Å². The van der Waals surface area contributed by atoms with Crippen molar-refractivity contribution in [1.29, 1.82) is 0 Å². The highest BCUT2D eigenvalue weighted by Gasteiger charge is 2.34. The first kappa shape index (κ1) is 16.0. The highest BCUT2D eigenvalue weighted by molar-refractivity contribution is 5.84. The lowest BCUT2D eigenvalue weighted by Gasteiger charge is -2.36. The average Bonchev–Trinajstić information content (AvgIpc) is 3.45. The van der Waals surface area contributed by atoms with E-state index in [0.717, 1.165) is 37.5 Å². The lowest BCUT2D eigenvalue weighted by Crippen LogP contribution is -2.49. The molecule has 5 heteroatoms. The number of rotatable bonds is 5. The number of carbonyl (C=O) groups is 1. The standard InChI is InChI=1S/C19H26N2O3/c22-19(17-5-1-3-15-4-2-8-20-18(15)17)21-9-10-24-16(11-21)13-23-12-14-6-7-14/h2,4,8,14,16-17H,1,3,5-7,9-13H2/t16-,17+/m0/s1. The van der Waals surface area contributed by atoms with Crippen LogP contribution in [0.2, 0.25) is 0 Å². The van der Waals surface area contributed by atoms with Gasteiger partial charge in [-0.05, 0) is 49.7 Å². The fourth-order valence-corrected chi connectivity index (χ4v) is 3.74. The van der Waals surface area contributed by atoms with E-state index in [4.69, 9.17) is 9.47 Å². The van der Waals surface area contributed by atoms with Crippen LogP contribution in [0.25, 0.3) is 0 Å². The smallest absolute Gasteiger partial charge is 0.231 e. The molecule has 4 rings (SSSR count). The Hall–Kier alpha value is -1.46. The van der Waals surface area contributed by atoms with Crippen molar-refractivity contribution in [1.82, 2.24) is 9.88 Å². The van der Waals surface area contributed by atoms with Crippen molar-refractivity contribution >= 4 is 5.91 Å². The number of fused-ring (bicyclic) bond motifs is 1. The SMILES string of the molecule is O=C([C@@H]1CCCc2cccnc21)N1CCO[C@H](COCC2CC2)C1. The largest absolute Gasteiger partial charge is 0.378 e. The van der Waals surface area contributed by atoms with Gasteiger partial charge in [0.05, 0.1) is 30.9 Å². The van der Waals surface area contributed by atoms with Crippen LogP contribution in [-0.2, 0) is 20.7 Å². The Morgan fingerprint density at radius 2 is 2.25 bits per heavy atom. The average molecular weight is 330 g/mol. The molecule has 3 aliphatic rings. The summed E-state index contributed by atoms with van der Waals surface area (Å²) in [5, 5.41) is 0. The third-order valence-electron chi connectivity index (χ3n) is 5.30. The van der Waals surface area contributed by atoms with Crippen LogP contribution in [0.5, 0.6) is 0 Å². The molecule has 0 unspecified atom stereocenters. The summed E-state index contributed by atoms with van der Waals surface area (Å²) < 4.78 is 11.5. The molecule has 2 atom stereocenters. The predicted molar refractivity (Wildman–Crippen MR) is 89.8 cm³/mol. The van der Waals surface area contributed by atoms with Gasteiger partial charge in [0.2, 0.25) is 5.91 Å². The van der Waals surface area contributed by atoms with E-state index in [1.807, 2.05) is 11.0 Å². The molecule has 1 aromatic rings. The van der Waals surface area contributed by atoms with E-state index in [0.29, 0.717) is 26.3 Å². The topological polar surface area (TPSA) is 51.7 Å². The van der Waals surface area contributed by atoms with E-state index in [-0.39, 0.29) is 17.9 Å². The van der Waals surface area contributed by atoms with Crippen molar-refractivity contribution in [2.45, 2.75) is 44.1 Å². The number of hydrogen-bond donors (Lipinski definition) is 0. The third kappa shape index (κ3) is 3.62. The maximum Gasteiger partial charge on any atom is 0.231 e. The van der Waals surface area contributed by atoms with Crippen molar-refractivity contribution in [3.05, 3.63) is 29.6 Å². The molecule has 1 amide bonds. The molecule has 2 fully saturated rings. The first-order valence-corrected chi connectivity index (χ1v) is 9.23. The van der Waals surface area contributed by atoms with Gasteiger partial charge in [0.25, 0.3) is 0 Å². The van der Waals surface area contributed by atoms with E-state index in [2.05, 4.69) is 11.1 Å². The summed E-state index contributed by atoms with van der Waals surface area (Å²) in [6.45, 7) is 3.36. The second-order valence-electron chi connectivity index (χ2n) is 7.25. The van der Waals surface area contributed by atoms with E-state index < -0.39 is 0 Å². The molecule has 0 N–H and O–H groups in total. The van der Waals surface area contributed by atoms with Gasteiger partial charge in [-0.15, -0.1) is 0 Å². The summed E-state index contributed by atoms with van der Waals surface area (Å²) >= 11 is 0. The number of carbonyl (C=O) groups excluding carboxylic acids is 1. The summed E-state index contributed by atoms with van der Waals surface area (Å²) in [4.78, 5) is 19.5. The number of nitrogens with zero attached hydrogens (tertiary/aromatic N) is 2. The Morgan fingerprint density at radius 3 is 3.12 bits per heavy atom. The first-order valence-electron chi connectivity index (χ1n) is 9.23. The number of pyridine rings is 1. The molecule has 0 aromatic carbocycles. The fourth-order valence-electron chi connectivity index (χ4n) is 3.74. The molecule has 1 aromatic heterocycles. The molecule has 0 spiro atoms. The normalized spacial score (nSPS) is 26.9. The predicted octanol–water partition coefficient (Wildman–Crippen LogP) is 2.16. The molecule has 1 aliphatic heterocycles. The number of ether oxygens (including phenoxy) is 2. The Balaban J connectivity index is 1.37. The van der Waals surface area contributed by atoms with Gasteiger partial charge in [-0.2, -0.15) is 0 Å². The van der Waals surface area contributed by atoms with Crippen LogP contribution in [0.4, 0.5) is 0 Å². The van der Waals surface area contributed by atoms with Crippen LogP contribution in [-0.4, -0.2) is 54.8 Å². The van der Waals surface area contributed by atoms with Crippen LogP contribution >= 0.6 is 0 Å². The van der Waals surface area contributed by atoms with Crippen molar-refractivity contribution in [3.8, 4) is 0 Å². The zero-order valence-corrected chi connectivity index (χ0v) is 14.2. The summed E-state index contributed by atoms with van der Waals surface area (Å²) in [6, 6.07) is 4.07. The maximum absolute atomic E-state index is 13.0. The fraction of sp³-hybridized carbons (Fsp3) is 0.684. The molecule has 130 valence electrons. The summed E-state index contributed by atoms with van der Waals surface area (Å²) in [7, 11) is 0. The summed E-state index contributed by atoms with van der Waals surface area (Å²) in [5.41, 5.74) is 2.22. The molecule has 5 nitrogen and oxygen atoms in total. The second kappa shape index (κ2) is 7.19. The summed E-state index contributed by atoms with van der Waals surface area (Å²) in [6.07, 6.45) is 7.41. The van der Waals surface area contributed by atoms with Crippen molar-refractivity contribution in [3.63, 3.8) is 0 Å². The lowest BCUT2D eigenvalue weighted by atomic mass is 9.85. The maximum atomic E-state index is 13.0. The minimum absolute atomic E-state index is 0.00763. The van der Waals surface area contributed by atoms with E-state index >= 15 is 0 Å². The molecular formula is C19H26N2O3. The van der Waals surface area contributed by atoms with E-state index in [1.54, 1.807) is 6.20 Å². The Morgan fingerprint density at radius 1 is 1.33 bits per heavy atom. The molecule has 1 saturated carbocycles. The van der Waals surface area contributed by atoms with Crippen LogP contribution < -0.4 is 0 Å². The van der Waals surface area contributed by atoms with Crippen molar-refractivity contribution in [2.24, 2.45) is 5.92 Å². The Kier molecular flexibility index (Phi) is 4.81. The number of aromatic nitrogens is 1. The van der Waals surface area contributed by atoms with Gasteiger partial charge in [-0.3, -0.25) is 9.78 Å². The molecule has 2 heterocycles. The second-order valence-corrected chi connectivity index (χ2v) is 7.25. The van der Waals surface area contributed by atoms with Gasteiger partial charge in [0.1, 0.15) is 0 Å². The molecule has 0 radical (unpaired) electrons. The Bertz CT molecular complexity index is 588. The summed E-state index contributed by atoms with van der Waals surface area (Å²) in [5.74, 6) is 0.891. The third-order valence-corrected chi connectivity index (χ3v) is 5.30. The van der Waals surface area contributed by atoms with Gasteiger partial charge in [-0.25, -0.2) is 0 Å². The molecular weight excluding hydrogens is 304 g/mol. The van der Waals surface area contributed by atoms with Crippen molar-refractivity contribution in [2.75, 3.05) is 32.9 Å². The van der Waals surface area contributed by atoms with Crippen LogP contribution in [0, 0.1) is 5.92 Å². The molecule has 24 heavy (non-hydrogen) atoms. The molecule has 2 aliphatic carbocycles. The minimum Gasteiger partial charge on any atom is -0.378 e. The zero-order valence-electron chi connectivity index (χ0n) is 14.2. The minimum atomic E-state index is -0.0823. The van der Waals surface area contributed by atoms with Gasteiger partial charge < -0.3 is 14.4 Å². The zero-order chi connectivity index (χ0) is 16.4. The first-order chi connectivity index (χ1) is 11.8. The number of aryl methyl sites for hydroxylation is 1. The molecule has 1 saturated heterocycles. The van der Waals surface area contributed by atoms with Crippen LogP contribution in [0.15, 0.2) is 18.3 Å². The van der Waals surface area contributed by atoms with Crippen LogP contribution in [0.3, 0.4) is 0 Å². The van der Waals surface area contributed by atoms with Gasteiger partial charge >= 0.3 is 0 Å². The highest BCUT2D eigenvalue weighted by Crippen LogP contribution is 2.32. The number of hydrogen-bond acceptors (Lipinski definition) is 4. The number of morpholine rings is 1. The number of amides is 1. The van der Waals surface area contributed by atoms with E-state index in [9.17, 15) is 4.79 Å². The lowest BCUT2D eigenvalue weighted by molar-refractivity contribution is -0.143. The van der Waals surface area contributed by atoms with Gasteiger partial charge in [0.15, 0.2) is 0 Å². The quantitative estimate of drug-likeness (QED) is 0.830. The highest BCUT2D eigenvalue weighted by atomic mass is 16.5. The Labute approximate surface area is 143 Å². The van der Waals surface area contributed by atoms with Gasteiger partial charge in [0, 0.05) is 25.9 Å². The van der Waals surface area contributed by atoms with Gasteiger partial charge in [-0.1, -0.05) is 6.07 Å². The molecule has 0 bridgehead atoms. The van der Waals surface area contributed by atoms with Crippen molar-refractivity contribution < 1.29 is 14.3 Å². The van der Waals surface area contributed by atoms with E-state index in [1.165, 1.54) is 18.4 Å².